The minimum absolute atomic E-state index is 0.0465. The highest BCUT2D eigenvalue weighted by atomic mass is 79.9. The first-order chi connectivity index (χ1) is 8.27. The second kappa shape index (κ2) is 5.32. The first-order valence-corrected chi connectivity index (χ1v) is 6.63. The molecular formula is C14H13BrO2. The average Bonchev–Trinajstić information content (AvgIpc) is 2.38. The molecule has 88 valence electrons. The van der Waals surface area contributed by atoms with Gasteiger partial charge in [-0.2, -0.15) is 0 Å². The van der Waals surface area contributed by atoms with Gasteiger partial charge in [0.1, 0.15) is 5.75 Å². The lowest BCUT2D eigenvalue weighted by atomic mass is 10.0. The summed E-state index contributed by atoms with van der Waals surface area (Å²) in [5.74, 6) is 0.709. The molecule has 0 fully saturated rings. The third-order valence-electron chi connectivity index (χ3n) is 2.59. The number of benzene rings is 2. The highest BCUT2D eigenvalue weighted by molar-refractivity contribution is 9.09. The first kappa shape index (κ1) is 12.1. The molecule has 3 heteroatoms. The number of fused-ring (bicyclic) bond motifs is 1. The number of hydrogen-bond acceptors (Lipinski definition) is 2. The lowest BCUT2D eigenvalue weighted by Crippen LogP contribution is -2.05. The zero-order chi connectivity index (χ0) is 12.3. The summed E-state index contributed by atoms with van der Waals surface area (Å²) in [5, 5.41) is 2.31. The van der Waals surface area contributed by atoms with E-state index in [4.69, 9.17) is 4.74 Å². The third-order valence-corrected chi connectivity index (χ3v) is 3.10. The molecule has 0 atom stereocenters. The summed E-state index contributed by atoms with van der Waals surface area (Å²) in [6, 6.07) is 11.7. The van der Waals surface area contributed by atoms with E-state index in [1.54, 1.807) is 0 Å². The summed E-state index contributed by atoms with van der Waals surface area (Å²) < 4.78 is 5.53. The van der Waals surface area contributed by atoms with E-state index in [2.05, 4.69) is 15.9 Å². The highest BCUT2D eigenvalue weighted by Crippen LogP contribution is 2.29. The van der Waals surface area contributed by atoms with Gasteiger partial charge < -0.3 is 4.74 Å². The third kappa shape index (κ3) is 2.34. The molecule has 0 saturated carbocycles. The van der Waals surface area contributed by atoms with Crippen LogP contribution in [0, 0.1) is 0 Å². The summed E-state index contributed by atoms with van der Waals surface area (Å²) in [4.78, 5) is 12.0. The van der Waals surface area contributed by atoms with E-state index < -0.39 is 0 Å². The van der Waals surface area contributed by atoms with Gasteiger partial charge in [-0.05, 0) is 23.8 Å². The van der Waals surface area contributed by atoms with Gasteiger partial charge >= 0.3 is 0 Å². The second-order valence-corrected chi connectivity index (χ2v) is 4.21. The van der Waals surface area contributed by atoms with Gasteiger partial charge in [0.05, 0.1) is 17.5 Å². The Kier molecular flexibility index (Phi) is 3.79. The van der Waals surface area contributed by atoms with Crippen molar-refractivity contribution in [2.75, 3.05) is 11.9 Å². The maximum absolute atomic E-state index is 12.0. The monoisotopic (exact) mass is 292 g/mol. The second-order valence-electron chi connectivity index (χ2n) is 3.65. The number of ketones is 1. The van der Waals surface area contributed by atoms with E-state index in [1.807, 2.05) is 43.3 Å². The van der Waals surface area contributed by atoms with Crippen LogP contribution < -0.4 is 4.74 Å². The number of alkyl halides is 1. The summed E-state index contributed by atoms with van der Waals surface area (Å²) in [5.41, 5.74) is 0.668. The fourth-order valence-corrected chi connectivity index (χ4v) is 2.16. The van der Waals surface area contributed by atoms with Crippen LogP contribution in [0.4, 0.5) is 0 Å². The maximum atomic E-state index is 12.0. The summed E-state index contributed by atoms with van der Waals surface area (Å²) in [6.45, 7) is 2.47. The molecule has 0 N–H and O–H groups in total. The molecule has 0 radical (unpaired) electrons. The van der Waals surface area contributed by atoms with E-state index in [9.17, 15) is 4.79 Å². The molecule has 0 amide bonds. The Morgan fingerprint density at radius 3 is 2.71 bits per heavy atom. The smallest absolute Gasteiger partial charge is 0.177 e. The lowest BCUT2D eigenvalue weighted by Gasteiger charge is -2.11. The van der Waals surface area contributed by atoms with Gasteiger partial charge in [-0.3, -0.25) is 4.79 Å². The molecule has 2 aromatic carbocycles. The van der Waals surface area contributed by atoms with Gasteiger partial charge in [0.25, 0.3) is 0 Å². The Morgan fingerprint density at radius 1 is 1.24 bits per heavy atom. The van der Waals surface area contributed by atoms with E-state index in [0.717, 1.165) is 10.8 Å². The number of carbonyl (C=O) groups is 1. The van der Waals surface area contributed by atoms with Crippen molar-refractivity contribution in [3.05, 3.63) is 42.0 Å². The summed E-state index contributed by atoms with van der Waals surface area (Å²) >= 11 is 3.22. The molecule has 17 heavy (non-hydrogen) atoms. The lowest BCUT2D eigenvalue weighted by molar-refractivity contribution is 0.102. The van der Waals surface area contributed by atoms with Crippen molar-refractivity contribution in [3.63, 3.8) is 0 Å². The number of hydrogen-bond donors (Lipinski definition) is 0. The van der Waals surface area contributed by atoms with Crippen molar-refractivity contribution in [1.82, 2.24) is 0 Å². The van der Waals surface area contributed by atoms with Gasteiger partial charge in [-0.1, -0.05) is 46.3 Å². The largest absolute Gasteiger partial charge is 0.493 e. The molecule has 0 aliphatic carbocycles. The fraction of sp³-hybridized carbons (Fsp3) is 0.214. The molecule has 0 aliphatic heterocycles. The van der Waals surface area contributed by atoms with E-state index in [1.165, 1.54) is 0 Å². The molecule has 0 spiro atoms. The van der Waals surface area contributed by atoms with E-state index in [0.29, 0.717) is 23.2 Å². The van der Waals surface area contributed by atoms with Crippen LogP contribution in [0.15, 0.2) is 36.4 Å². The molecule has 0 heterocycles. The molecule has 2 nitrogen and oxygen atoms in total. The van der Waals surface area contributed by atoms with Crippen molar-refractivity contribution in [2.45, 2.75) is 6.92 Å². The average molecular weight is 293 g/mol. The Hall–Kier alpha value is -1.35. The van der Waals surface area contributed by atoms with E-state index in [-0.39, 0.29) is 5.78 Å². The van der Waals surface area contributed by atoms with Crippen molar-refractivity contribution in [3.8, 4) is 5.75 Å². The normalized spacial score (nSPS) is 10.5. The SMILES string of the molecule is CCOc1ccc2ccccc2c1C(=O)CBr. The van der Waals surface area contributed by atoms with Crippen molar-refractivity contribution in [1.29, 1.82) is 0 Å². The summed E-state index contributed by atoms with van der Waals surface area (Å²) in [6.07, 6.45) is 0. The minimum Gasteiger partial charge on any atom is -0.493 e. The number of halogens is 1. The minimum atomic E-state index is 0.0465. The van der Waals surface area contributed by atoms with Crippen LogP contribution in [0.5, 0.6) is 5.75 Å². The van der Waals surface area contributed by atoms with Crippen LogP contribution in [0.3, 0.4) is 0 Å². The number of ether oxygens (including phenoxy) is 1. The Bertz CT molecular complexity index is 549. The highest BCUT2D eigenvalue weighted by Gasteiger charge is 2.15. The molecule has 0 saturated heterocycles. The number of Topliss-reactive ketones (excluding diaryl/α,β-unsaturated/α-hetero) is 1. The molecule has 0 aromatic heterocycles. The van der Waals surface area contributed by atoms with Crippen LogP contribution in [0.1, 0.15) is 17.3 Å². The molecule has 0 unspecified atom stereocenters. The van der Waals surface area contributed by atoms with Gasteiger partial charge in [-0.25, -0.2) is 0 Å². The van der Waals surface area contributed by atoms with Crippen LogP contribution >= 0.6 is 15.9 Å². The Morgan fingerprint density at radius 2 is 2.00 bits per heavy atom. The standard InChI is InChI=1S/C14H13BrO2/c1-2-17-13-8-7-10-5-3-4-6-11(10)14(13)12(16)9-15/h3-8H,2,9H2,1H3. The van der Waals surface area contributed by atoms with Crippen LogP contribution in [0.2, 0.25) is 0 Å². The molecule has 0 aliphatic rings. The van der Waals surface area contributed by atoms with E-state index >= 15 is 0 Å². The molecule has 0 bridgehead atoms. The quantitative estimate of drug-likeness (QED) is 0.633. The molecular weight excluding hydrogens is 280 g/mol. The van der Waals surface area contributed by atoms with Gasteiger partial charge in [-0.15, -0.1) is 0 Å². The molecule has 2 aromatic rings. The maximum Gasteiger partial charge on any atom is 0.177 e. The van der Waals surface area contributed by atoms with Crippen molar-refractivity contribution < 1.29 is 9.53 Å². The Balaban J connectivity index is 2.70. The predicted octanol–water partition coefficient (Wildman–Crippen LogP) is 3.82. The van der Waals surface area contributed by atoms with Gasteiger partial charge in [0.2, 0.25) is 0 Å². The number of carbonyl (C=O) groups excluding carboxylic acids is 1. The topological polar surface area (TPSA) is 26.3 Å². The fourth-order valence-electron chi connectivity index (χ4n) is 1.88. The van der Waals surface area contributed by atoms with Crippen molar-refractivity contribution in [2.24, 2.45) is 0 Å². The van der Waals surface area contributed by atoms with Gasteiger partial charge in [0, 0.05) is 0 Å². The first-order valence-electron chi connectivity index (χ1n) is 5.51. The Labute approximate surface area is 109 Å². The zero-order valence-corrected chi connectivity index (χ0v) is 11.2. The summed E-state index contributed by atoms with van der Waals surface area (Å²) in [7, 11) is 0. The van der Waals surface area contributed by atoms with Crippen molar-refractivity contribution >= 4 is 32.5 Å². The number of rotatable bonds is 4. The molecule has 2 rings (SSSR count). The van der Waals surface area contributed by atoms with Crippen LogP contribution in [-0.4, -0.2) is 17.7 Å². The van der Waals surface area contributed by atoms with Gasteiger partial charge in [0.15, 0.2) is 5.78 Å². The van der Waals surface area contributed by atoms with Crippen LogP contribution in [0.25, 0.3) is 10.8 Å². The zero-order valence-electron chi connectivity index (χ0n) is 9.57. The predicted molar refractivity (Wildman–Crippen MR) is 73.2 cm³/mol. The van der Waals surface area contributed by atoms with Crippen LogP contribution in [-0.2, 0) is 0 Å².